The number of carbonyl (C=O) groups is 3. The number of ether oxygens (including phenoxy) is 4. The van der Waals surface area contributed by atoms with Gasteiger partial charge in [-0.15, -0.1) is 0 Å². The normalized spacial score (nSPS) is 14.2. The van der Waals surface area contributed by atoms with E-state index in [-0.39, 0.29) is 24.5 Å². The number of urea groups is 1. The van der Waals surface area contributed by atoms with E-state index in [0.29, 0.717) is 49.9 Å². The van der Waals surface area contributed by atoms with Gasteiger partial charge in [0, 0.05) is 0 Å². The molecule has 0 radical (unpaired) electrons. The predicted octanol–water partition coefficient (Wildman–Crippen LogP) is 5.48. The third kappa shape index (κ3) is 7.15. The molecule has 0 atom stereocenters. The molecule has 1 heterocycles. The van der Waals surface area contributed by atoms with Crippen molar-refractivity contribution in [1.29, 1.82) is 0 Å². The van der Waals surface area contributed by atoms with Gasteiger partial charge < -0.3 is 18.9 Å². The van der Waals surface area contributed by atoms with Gasteiger partial charge in [-0.05, 0) is 88.2 Å². The minimum Gasteiger partial charge on any atom is -0.493 e. The summed E-state index contributed by atoms with van der Waals surface area (Å²) in [4.78, 5) is 39.6. The van der Waals surface area contributed by atoms with Crippen molar-refractivity contribution in [1.82, 2.24) is 10.2 Å². The van der Waals surface area contributed by atoms with Crippen LogP contribution in [-0.4, -0.2) is 43.6 Å². The lowest BCUT2D eigenvalue weighted by Crippen LogP contribution is -2.53. The number of amides is 4. The molecule has 0 aromatic heterocycles. The van der Waals surface area contributed by atoms with Gasteiger partial charge in [-0.2, -0.15) is 0 Å². The number of imide groups is 2. The molecule has 1 aliphatic rings. The highest BCUT2D eigenvalue weighted by molar-refractivity contribution is 14.1. The smallest absolute Gasteiger partial charge is 0.331 e. The van der Waals surface area contributed by atoms with Crippen molar-refractivity contribution in [2.45, 2.75) is 26.5 Å². The molecule has 9 nitrogen and oxygen atoms in total. The van der Waals surface area contributed by atoms with Gasteiger partial charge in [0.05, 0.1) is 30.9 Å². The summed E-state index contributed by atoms with van der Waals surface area (Å²) in [6.07, 6.45) is 2.21. The Morgan fingerprint density at radius 2 is 1.71 bits per heavy atom. The van der Waals surface area contributed by atoms with Crippen LogP contribution in [0.15, 0.2) is 60.2 Å². The number of rotatable bonds is 11. The first-order chi connectivity index (χ1) is 19.7. The summed E-state index contributed by atoms with van der Waals surface area (Å²) in [6, 6.07) is 13.7. The van der Waals surface area contributed by atoms with E-state index in [2.05, 4.69) is 5.32 Å². The molecule has 0 bridgehead atoms. The number of hydrogen-bond acceptors (Lipinski definition) is 7. The lowest BCUT2D eigenvalue weighted by atomic mass is 10.1. The molecule has 0 unspecified atom stereocenters. The summed E-state index contributed by atoms with van der Waals surface area (Å²) in [5, 5.41) is 2.23. The van der Waals surface area contributed by atoms with Crippen LogP contribution in [0.4, 0.5) is 9.18 Å². The molecule has 0 saturated carbocycles. The molecule has 1 aliphatic heterocycles. The van der Waals surface area contributed by atoms with Crippen LogP contribution in [0.3, 0.4) is 0 Å². The molecule has 1 N–H and O–H groups in total. The third-order valence-electron chi connectivity index (χ3n) is 6.05. The Kier molecular flexibility index (Phi) is 9.82. The Bertz CT molecular complexity index is 1510. The van der Waals surface area contributed by atoms with E-state index in [0.717, 1.165) is 11.3 Å². The minimum absolute atomic E-state index is 0.0899. The first kappa shape index (κ1) is 29.8. The van der Waals surface area contributed by atoms with Crippen LogP contribution in [0.5, 0.6) is 23.0 Å². The molecule has 1 saturated heterocycles. The lowest BCUT2D eigenvalue weighted by Gasteiger charge is -2.26. The number of benzene rings is 3. The van der Waals surface area contributed by atoms with Crippen LogP contribution in [-0.2, 0) is 22.7 Å². The average Bonchev–Trinajstić information content (AvgIpc) is 2.95. The summed E-state index contributed by atoms with van der Waals surface area (Å²) in [5.74, 6) is -0.119. The van der Waals surface area contributed by atoms with Gasteiger partial charge in [-0.3, -0.25) is 19.8 Å². The largest absolute Gasteiger partial charge is 0.493 e. The van der Waals surface area contributed by atoms with Gasteiger partial charge in [-0.25, -0.2) is 9.18 Å². The van der Waals surface area contributed by atoms with Crippen molar-refractivity contribution < 1.29 is 37.7 Å². The van der Waals surface area contributed by atoms with Gasteiger partial charge in [0.15, 0.2) is 23.0 Å². The quantitative estimate of drug-likeness (QED) is 0.163. The SMILES string of the molecule is CCCOc1ccc(CN2C(=O)NC(=O)/C(=C\c3cc(I)c(OCc4cccc(F)c4)c(OC)c3)C2=O)cc1OC. The van der Waals surface area contributed by atoms with Crippen molar-refractivity contribution in [3.8, 4) is 23.0 Å². The predicted molar refractivity (Wildman–Crippen MR) is 157 cm³/mol. The van der Waals surface area contributed by atoms with Gasteiger partial charge in [0.25, 0.3) is 11.8 Å². The van der Waals surface area contributed by atoms with Crippen LogP contribution in [0.25, 0.3) is 6.08 Å². The molecule has 0 aliphatic carbocycles. The summed E-state index contributed by atoms with van der Waals surface area (Å²) in [7, 11) is 2.96. The monoisotopic (exact) mass is 674 g/mol. The van der Waals surface area contributed by atoms with Gasteiger partial charge in [0.1, 0.15) is 18.0 Å². The second-order valence-electron chi connectivity index (χ2n) is 8.99. The summed E-state index contributed by atoms with van der Waals surface area (Å²) < 4.78 is 36.6. The van der Waals surface area contributed by atoms with Gasteiger partial charge in [0.2, 0.25) is 0 Å². The molecule has 3 aromatic rings. The van der Waals surface area contributed by atoms with Crippen LogP contribution in [0, 0.1) is 9.39 Å². The Balaban J connectivity index is 1.57. The molecular formula is C30H28FIN2O7. The Morgan fingerprint density at radius 3 is 2.41 bits per heavy atom. The lowest BCUT2D eigenvalue weighted by molar-refractivity contribution is -0.130. The molecule has 214 valence electrons. The molecular weight excluding hydrogens is 646 g/mol. The van der Waals surface area contributed by atoms with Crippen LogP contribution in [0.2, 0.25) is 0 Å². The first-order valence-corrected chi connectivity index (χ1v) is 13.7. The van der Waals surface area contributed by atoms with Crippen molar-refractivity contribution in [3.05, 3.63) is 86.2 Å². The zero-order valence-electron chi connectivity index (χ0n) is 22.7. The van der Waals surface area contributed by atoms with Crippen molar-refractivity contribution in [2.24, 2.45) is 0 Å². The first-order valence-electron chi connectivity index (χ1n) is 12.7. The third-order valence-corrected chi connectivity index (χ3v) is 6.85. The van der Waals surface area contributed by atoms with Crippen LogP contribution < -0.4 is 24.3 Å². The van der Waals surface area contributed by atoms with Gasteiger partial charge in [-0.1, -0.05) is 25.1 Å². The fourth-order valence-electron chi connectivity index (χ4n) is 4.07. The van der Waals surface area contributed by atoms with Crippen molar-refractivity contribution >= 4 is 46.5 Å². The number of barbiturate groups is 1. The van der Waals surface area contributed by atoms with E-state index in [4.69, 9.17) is 18.9 Å². The van der Waals surface area contributed by atoms with Crippen molar-refractivity contribution in [3.63, 3.8) is 0 Å². The highest BCUT2D eigenvalue weighted by Gasteiger charge is 2.36. The van der Waals surface area contributed by atoms with Crippen LogP contribution >= 0.6 is 22.6 Å². The highest BCUT2D eigenvalue weighted by atomic mass is 127. The number of nitrogens with one attached hydrogen (secondary N) is 1. The standard InChI is InChI=1S/C30H28FIN2O7/c1-4-10-40-24-9-8-18(14-25(24)38-2)16-34-29(36)22(28(35)33-30(34)37)12-20-13-23(32)27(26(15-20)39-3)41-17-19-6-5-7-21(31)11-19/h5-9,11-15H,4,10,16-17H2,1-3H3,(H,33,35,37)/b22-12+. The highest BCUT2D eigenvalue weighted by Crippen LogP contribution is 2.36. The topological polar surface area (TPSA) is 103 Å². The number of methoxy groups -OCH3 is 2. The molecule has 4 rings (SSSR count). The van der Waals surface area contributed by atoms with E-state index in [1.165, 1.54) is 32.4 Å². The van der Waals surface area contributed by atoms with E-state index in [1.54, 1.807) is 42.5 Å². The number of nitrogens with zero attached hydrogens (tertiary/aromatic N) is 1. The van der Waals surface area contributed by atoms with E-state index >= 15 is 0 Å². The molecule has 11 heteroatoms. The average molecular weight is 674 g/mol. The number of carbonyl (C=O) groups excluding carboxylic acids is 3. The zero-order valence-corrected chi connectivity index (χ0v) is 24.8. The van der Waals surface area contributed by atoms with E-state index in [1.807, 2.05) is 29.5 Å². The van der Waals surface area contributed by atoms with E-state index in [9.17, 15) is 18.8 Å². The summed E-state index contributed by atoms with van der Waals surface area (Å²) in [5.41, 5.74) is 1.52. The summed E-state index contributed by atoms with van der Waals surface area (Å²) in [6.45, 7) is 2.53. The Hall–Kier alpha value is -4.13. The maximum absolute atomic E-state index is 13.5. The summed E-state index contributed by atoms with van der Waals surface area (Å²) >= 11 is 2.05. The minimum atomic E-state index is -0.823. The fraction of sp³-hybridized carbons (Fsp3) is 0.233. The molecule has 1 fully saturated rings. The zero-order chi connectivity index (χ0) is 29.5. The maximum Gasteiger partial charge on any atom is 0.331 e. The second kappa shape index (κ2) is 13.5. The molecule has 4 amide bonds. The fourth-order valence-corrected chi connectivity index (χ4v) is 4.85. The molecule has 3 aromatic carbocycles. The van der Waals surface area contributed by atoms with Crippen LogP contribution in [0.1, 0.15) is 30.0 Å². The molecule has 41 heavy (non-hydrogen) atoms. The Labute approximate surface area is 250 Å². The molecule has 0 spiro atoms. The van der Waals surface area contributed by atoms with Crippen molar-refractivity contribution in [2.75, 3.05) is 20.8 Å². The van der Waals surface area contributed by atoms with E-state index < -0.39 is 17.8 Å². The Morgan fingerprint density at radius 1 is 0.927 bits per heavy atom. The van der Waals surface area contributed by atoms with Gasteiger partial charge >= 0.3 is 6.03 Å². The second-order valence-corrected chi connectivity index (χ2v) is 10.2. The maximum atomic E-state index is 13.5. The number of halogens is 2. The number of hydrogen-bond donors (Lipinski definition) is 1.